The zero-order chi connectivity index (χ0) is 22.2. The van der Waals surface area contributed by atoms with Gasteiger partial charge in [0.05, 0.1) is 17.2 Å². The van der Waals surface area contributed by atoms with Crippen molar-refractivity contribution in [3.05, 3.63) is 71.8 Å². The van der Waals surface area contributed by atoms with E-state index >= 15 is 0 Å². The van der Waals surface area contributed by atoms with E-state index in [9.17, 15) is 9.59 Å². The van der Waals surface area contributed by atoms with Crippen LogP contribution in [-0.4, -0.2) is 23.6 Å². The maximum atomic E-state index is 12.6. The summed E-state index contributed by atoms with van der Waals surface area (Å²) in [6, 6.07) is 18.1. The highest BCUT2D eigenvalue weighted by atomic mass is 16.6. The van der Waals surface area contributed by atoms with Crippen molar-refractivity contribution in [2.75, 3.05) is 0 Å². The number of carbonyl (C=O) groups excluding carboxylic acids is 2. The molecule has 0 saturated heterocycles. The zero-order valence-corrected chi connectivity index (χ0v) is 18.8. The lowest BCUT2D eigenvalue weighted by Crippen LogP contribution is -2.44. The molecule has 0 heterocycles. The second kappa shape index (κ2) is 10.4. The van der Waals surface area contributed by atoms with Crippen LogP contribution in [0.2, 0.25) is 0 Å². The van der Waals surface area contributed by atoms with Crippen molar-refractivity contribution in [1.29, 1.82) is 0 Å². The van der Waals surface area contributed by atoms with Crippen LogP contribution in [-0.2, 0) is 9.47 Å². The monoisotopic (exact) mass is 410 g/mol. The molecule has 2 atom stereocenters. The molecule has 0 fully saturated rings. The van der Waals surface area contributed by atoms with Crippen LogP contribution in [0.1, 0.15) is 81.0 Å². The molecule has 0 bridgehead atoms. The molecule has 0 N–H and O–H groups in total. The molecule has 0 amide bonds. The summed E-state index contributed by atoms with van der Waals surface area (Å²) in [4.78, 5) is 24.8. The number of hydrogen-bond acceptors (Lipinski definition) is 4. The first-order valence-corrected chi connectivity index (χ1v) is 10.7. The van der Waals surface area contributed by atoms with E-state index in [1.807, 2.05) is 50.2 Å². The third kappa shape index (κ3) is 6.72. The molecule has 0 aromatic heterocycles. The van der Waals surface area contributed by atoms with Crippen molar-refractivity contribution in [2.45, 2.75) is 72.0 Å². The minimum absolute atomic E-state index is 0.162. The average Bonchev–Trinajstić information content (AvgIpc) is 2.71. The van der Waals surface area contributed by atoms with Crippen molar-refractivity contribution in [1.82, 2.24) is 0 Å². The Kier molecular flexibility index (Phi) is 8.22. The van der Waals surface area contributed by atoms with E-state index in [1.54, 1.807) is 24.3 Å². The van der Waals surface area contributed by atoms with Gasteiger partial charge in [0, 0.05) is 5.41 Å². The Labute approximate surface area is 180 Å². The van der Waals surface area contributed by atoms with E-state index in [0.29, 0.717) is 11.1 Å². The number of unbranched alkanes of at least 4 members (excludes halogenated alkanes) is 1. The van der Waals surface area contributed by atoms with Crippen LogP contribution >= 0.6 is 0 Å². The van der Waals surface area contributed by atoms with Crippen LogP contribution in [0, 0.1) is 5.41 Å². The van der Waals surface area contributed by atoms with E-state index in [2.05, 4.69) is 20.8 Å². The smallest absolute Gasteiger partial charge is 0.338 e. The normalized spacial score (nSPS) is 14.4. The molecule has 4 nitrogen and oxygen atoms in total. The average molecular weight is 411 g/mol. The van der Waals surface area contributed by atoms with Gasteiger partial charge in [0.15, 0.2) is 0 Å². The summed E-state index contributed by atoms with van der Waals surface area (Å²) in [6.07, 6.45) is 3.12. The Hall–Kier alpha value is -2.62. The lowest BCUT2D eigenvalue weighted by Gasteiger charge is -2.41. The number of esters is 2. The summed E-state index contributed by atoms with van der Waals surface area (Å²) in [5.74, 6) is -0.586. The first-order chi connectivity index (χ1) is 14.1. The van der Waals surface area contributed by atoms with E-state index in [0.717, 1.165) is 25.7 Å². The quantitative estimate of drug-likeness (QED) is 0.352. The summed E-state index contributed by atoms with van der Waals surface area (Å²) in [5, 5.41) is 0. The molecular weight excluding hydrogens is 376 g/mol. The molecule has 2 unspecified atom stereocenters. The molecule has 4 heteroatoms. The maximum Gasteiger partial charge on any atom is 0.338 e. The largest absolute Gasteiger partial charge is 0.459 e. The van der Waals surface area contributed by atoms with Crippen molar-refractivity contribution >= 4 is 11.9 Å². The summed E-state index contributed by atoms with van der Waals surface area (Å²) >= 11 is 0. The summed E-state index contributed by atoms with van der Waals surface area (Å²) in [5.41, 5.74) is 0.332. The summed E-state index contributed by atoms with van der Waals surface area (Å²) in [7, 11) is 0. The lowest BCUT2D eigenvalue weighted by molar-refractivity contribution is -0.0737. The first kappa shape index (κ1) is 23.7. The number of ether oxygens (including phenoxy) is 2. The molecule has 0 radical (unpaired) electrons. The molecular formula is C26H34O4. The number of rotatable bonds is 9. The van der Waals surface area contributed by atoms with E-state index in [-0.39, 0.29) is 23.5 Å². The van der Waals surface area contributed by atoms with E-state index in [1.165, 1.54) is 0 Å². The van der Waals surface area contributed by atoms with Crippen molar-refractivity contribution < 1.29 is 19.1 Å². The van der Waals surface area contributed by atoms with Gasteiger partial charge in [-0.2, -0.15) is 0 Å². The number of benzene rings is 2. The molecule has 2 rings (SSSR count). The van der Waals surface area contributed by atoms with Crippen LogP contribution in [0.25, 0.3) is 0 Å². The Bertz CT molecular complexity index is 808. The van der Waals surface area contributed by atoms with Gasteiger partial charge in [0.2, 0.25) is 0 Å². The predicted molar refractivity (Wildman–Crippen MR) is 120 cm³/mol. The molecule has 2 aromatic rings. The highest BCUT2D eigenvalue weighted by Crippen LogP contribution is 2.38. The zero-order valence-electron chi connectivity index (χ0n) is 18.8. The Balaban J connectivity index is 1.86. The van der Waals surface area contributed by atoms with Gasteiger partial charge in [0.25, 0.3) is 0 Å². The molecule has 0 aliphatic rings. The minimum atomic E-state index is -0.593. The van der Waals surface area contributed by atoms with Crippen LogP contribution in [0.5, 0.6) is 0 Å². The van der Waals surface area contributed by atoms with E-state index < -0.39 is 5.60 Å². The lowest BCUT2D eigenvalue weighted by atomic mass is 9.74. The highest BCUT2D eigenvalue weighted by molar-refractivity contribution is 5.90. The van der Waals surface area contributed by atoms with Crippen LogP contribution in [0.15, 0.2) is 60.7 Å². The SMILES string of the molecule is CC(CCCCC(C)(OC(=O)c1ccccc1)C(C)(C)C)OC(=O)c1ccccc1. The molecule has 162 valence electrons. The Morgan fingerprint density at radius 1 is 0.800 bits per heavy atom. The van der Waals surface area contributed by atoms with Gasteiger partial charge in [-0.25, -0.2) is 9.59 Å². The predicted octanol–water partition coefficient (Wildman–Crippen LogP) is 6.45. The van der Waals surface area contributed by atoms with Crippen LogP contribution in [0.4, 0.5) is 0 Å². The summed E-state index contributed by atoms with van der Waals surface area (Å²) in [6.45, 7) is 10.2. The third-order valence-electron chi connectivity index (χ3n) is 5.75. The molecule has 0 aliphatic carbocycles. The van der Waals surface area contributed by atoms with Crippen molar-refractivity contribution in [3.8, 4) is 0 Å². The standard InChI is InChI=1S/C26H34O4/c1-20(29-23(27)21-15-8-6-9-16-21)14-12-13-19-26(5,25(2,3)4)30-24(28)22-17-10-7-11-18-22/h6-11,15-18,20H,12-14,19H2,1-5H3. The van der Waals surface area contributed by atoms with Crippen LogP contribution < -0.4 is 0 Å². The second-order valence-electron chi connectivity index (χ2n) is 9.06. The molecule has 0 aliphatic heterocycles. The van der Waals surface area contributed by atoms with Crippen molar-refractivity contribution in [2.24, 2.45) is 5.41 Å². The topological polar surface area (TPSA) is 52.6 Å². The van der Waals surface area contributed by atoms with Gasteiger partial charge in [0.1, 0.15) is 5.60 Å². The van der Waals surface area contributed by atoms with Gasteiger partial charge >= 0.3 is 11.9 Å². The fraction of sp³-hybridized carbons (Fsp3) is 0.462. The summed E-state index contributed by atoms with van der Waals surface area (Å²) < 4.78 is 11.5. The molecule has 2 aromatic carbocycles. The van der Waals surface area contributed by atoms with Crippen molar-refractivity contribution in [3.63, 3.8) is 0 Å². The van der Waals surface area contributed by atoms with Crippen LogP contribution in [0.3, 0.4) is 0 Å². The first-order valence-electron chi connectivity index (χ1n) is 10.7. The third-order valence-corrected chi connectivity index (χ3v) is 5.75. The van der Waals surface area contributed by atoms with E-state index in [4.69, 9.17) is 9.47 Å². The molecule has 0 spiro atoms. The van der Waals surface area contributed by atoms with Gasteiger partial charge in [-0.1, -0.05) is 57.2 Å². The number of hydrogen-bond donors (Lipinski definition) is 0. The minimum Gasteiger partial charge on any atom is -0.459 e. The van der Waals surface area contributed by atoms with Gasteiger partial charge in [-0.05, 0) is 63.8 Å². The maximum absolute atomic E-state index is 12.6. The fourth-order valence-electron chi connectivity index (χ4n) is 3.19. The molecule has 0 saturated carbocycles. The Morgan fingerprint density at radius 2 is 1.30 bits per heavy atom. The molecule has 30 heavy (non-hydrogen) atoms. The highest BCUT2D eigenvalue weighted by Gasteiger charge is 2.40. The van der Waals surface area contributed by atoms with Gasteiger partial charge in [-0.3, -0.25) is 0 Å². The fourth-order valence-corrected chi connectivity index (χ4v) is 3.19. The Morgan fingerprint density at radius 3 is 1.80 bits per heavy atom. The van der Waals surface area contributed by atoms with Gasteiger partial charge in [-0.15, -0.1) is 0 Å². The second-order valence-corrected chi connectivity index (χ2v) is 9.06. The van der Waals surface area contributed by atoms with Gasteiger partial charge < -0.3 is 9.47 Å². The number of carbonyl (C=O) groups is 2.